The Hall–Kier alpha value is -3.72. The zero-order valence-corrected chi connectivity index (χ0v) is 22.4. The third-order valence-corrected chi connectivity index (χ3v) is 7.67. The molecule has 1 aliphatic rings. The van der Waals surface area contributed by atoms with Crippen molar-refractivity contribution in [2.24, 2.45) is 0 Å². The third kappa shape index (κ3) is 5.43. The van der Waals surface area contributed by atoms with E-state index in [0.29, 0.717) is 30.6 Å². The predicted molar refractivity (Wildman–Crippen MR) is 146 cm³/mol. The molecule has 9 nitrogen and oxygen atoms in total. The smallest absolute Gasteiger partial charge is 0.252 e. The number of methoxy groups -OCH3 is 2. The normalized spacial score (nSPS) is 14.8. The van der Waals surface area contributed by atoms with Gasteiger partial charge in [-0.15, -0.1) is 5.10 Å². The molecule has 0 aliphatic heterocycles. The Kier molecular flexibility index (Phi) is 8.03. The molecule has 1 aliphatic carbocycles. The van der Waals surface area contributed by atoms with Gasteiger partial charge in [-0.05, 0) is 53.8 Å². The molecule has 200 valence electrons. The molecule has 4 aromatic rings. The number of rotatable bonds is 11. The second-order valence-electron chi connectivity index (χ2n) is 9.95. The number of hydrogen-bond acceptors (Lipinski definition) is 7. The quantitative estimate of drug-likeness (QED) is 0.309. The van der Waals surface area contributed by atoms with Crippen molar-refractivity contribution in [3.63, 3.8) is 0 Å². The SMILES string of the molecule is CC[C@@H](c1nnnn1CCc1ccccc1)N(Cc1cc2cc(OC)c(OC)cc2[nH]c1=O)C1CCCC1. The van der Waals surface area contributed by atoms with Crippen molar-refractivity contribution >= 4 is 10.9 Å². The first-order valence-electron chi connectivity index (χ1n) is 13.4. The van der Waals surface area contributed by atoms with E-state index in [1.165, 1.54) is 18.4 Å². The van der Waals surface area contributed by atoms with E-state index in [1.54, 1.807) is 14.2 Å². The lowest BCUT2D eigenvalue weighted by molar-refractivity contribution is 0.112. The molecule has 0 saturated heterocycles. The third-order valence-electron chi connectivity index (χ3n) is 7.67. The molecule has 2 heterocycles. The number of ether oxygens (including phenoxy) is 2. The molecule has 1 atom stereocenters. The lowest BCUT2D eigenvalue weighted by Gasteiger charge is -2.35. The van der Waals surface area contributed by atoms with Crippen LogP contribution >= 0.6 is 0 Å². The fourth-order valence-electron chi connectivity index (χ4n) is 5.68. The minimum atomic E-state index is -0.0914. The second kappa shape index (κ2) is 11.8. The Balaban J connectivity index is 1.46. The summed E-state index contributed by atoms with van der Waals surface area (Å²) in [6.07, 6.45) is 6.31. The highest BCUT2D eigenvalue weighted by Gasteiger charge is 2.32. The fourth-order valence-corrected chi connectivity index (χ4v) is 5.68. The summed E-state index contributed by atoms with van der Waals surface area (Å²) in [4.78, 5) is 18.8. The highest BCUT2D eigenvalue weighted by atomic mass is 16.5. The van der Waals surface area contributed by atoms with Crippen molar-refractivity contribution in [1.29, 1.82) is 0 Å². The molecule has 2 aromatic heterocycles. The molecule has 1 fully saturated rings. The van der Waals surface area contributed by atoms with Gasteiger partial charge < -0.3 is 14.5 Å². The Bertz CT molecular complexity index is 1410. The zero-order chi connectivity index (χ0) is 26.5. The molecule has 1 N–H and O–H groups in total. The number of nitrogens with one attached hydrogen (secondary N) is 1. The Morgan fingerprint density at radius 1 is 1.08 bits per heavy atom. The minimum absolute atomic E-state index is 0.00405. The molecule has 38 heavy (non-hydrogen) atoms. The van der Waals surface area contributed by atoms with Gasteiger partial charge in [0.15, 0.2) is 17.3 Å². The second-order valence-corrected chi connectivity index (χ2v) is 9.95. The summed E-state index contributed by atoms with van der Waals surface area (Å²) >= 11 is 0. The van der Waals surface area contributed by atoms with Crippen LogP contribution in [0.5, 0.6) is 11.5 Å². The molecular weight excluding hydrogens is 480 g/mol. The zero-order valence-electron chi connectivity index (χ0n) is 22.4. The highest BCUT2D eigenvalue weighted by molar-refractivity contribution is 5.83. The number of aryl methyl sites for hydroxylation is 2. The summed E-state index contributed by atoms with van der Waals surface area (Å²) in [7, 11) is 3.21. The van der Waals surface area contributed by atoms with Crippen molar-refractivity contribution in [3.8, 4) is 11.5 Å². The lowest BCUT2D eigenvalue weighted by Crippen LogP contribution is -2.39. The fraction of sp³-hybridized carbons (Fsp3) is 0.448. The summed E-state index contributed by atoms with van der Waals surface area (Å²) in [5, 5.41) is 13.8. The van der Waals surface area contributed by atoms with E-state index < -0.39 is 0 Å². The standard InChI is InChI=1S/C29H36N6O3/c1-4-25(28-31-32-33-35(28)15-14-20-10-6-5-7-11-20)34(23-12-8-9-13-23)19-22-16-21-17-26(37-2)27(38-3)18-24(21)30-29(22)36/h5-7,10-11,16-18,23,25H,4,8-9,12-15,19H2,1-3H3,(H,30,36)/t25-/m0/s1. The van der Waals surface area contributed by atoms with E-state index in [2.05, 4.69) is 56.6 Å². The van der Waals surface area contributed by atoms with Crippen molar-refractivity contribution in [1.82, 2.24) is 30.1 Å². The van der Waals surface area contributed by atoms with E-state index >= 15 is 0 Å². The number of aromatic nitrogens is 5. The van der Waals surface area contributed by atoms with E-state index in [4.69, 9.17) is 9.47 Å². The Morgan fingerprint density at radius 2 is 1.82 bits per heavy atom. The van der Waals surface area contributed by atoms with Crippen LogP contribution in [0.4, 0.5) is 0 Å². The van der Waals surface area contributed by atoms with Crippen LogP contribution in [-0.2, 0) is 19.5 Å². The molecule has 0 bridgehead atoms. The summed E-state index contributed by atoms with van der Waals surface area (Å²) in [5.74, 6) is 2.08. The Labute approximate surface area is 222 Å². The van der Waals surface area contributed by atoms with Crippen LogP contribution in [0.3, 0.4) is 0 Å². The van der Waals surface area contributed by atoms with Gasteiger partial charge >= 0.3 is 0 Å². The van der Waals surface area contributed by atoms with Crippen LogP contribution in [0.2, 0.25) is 0 Å². The van der Waals surface area contributed by atoms with Crippen LogP contribution in [-0.4, -0.2) is 50.4 Å². The average Bonchev–Trinajstić information content (AvgIpc) is 3.65. The predicted octanol–water partition coefficient (Wildman–Crippen LogP) is 4.67. The van der Waals surface area contributed by atoms with Gasteiger partial charge in [0.05, 0.1) is 25.8 Å². The van der Waals surface area contributed by atoms with Gasteiger partial charge in [-0.1, -0.05) is 50.1 Å². The molecular formula is C29H36N6O3. The monoisotopic (exact) mass is 516 g/mol. The number of hydrogen-bond donors (Lipinski definition) is 1. The number of aromatic amines is 1. The summed E-state index contributed by atoms with van der Waals surface area (Å²) in [5.41, 5.74) is 2.61. The topological polar surface area (TPSA) is 98.2 Å². The Morgan fingerprint density at radius 3 is 2.53 bits per heavy atom. The van der Waals surface area contributed by atoms with Gasteiger partial charge in [0, 0.05) is 36.1 Å². The van der Waals surface area contributed by atoms with Crippen LogP contribution in [0.25, 0.3) is 10.9 Å². The first kappa shape index (κ1) is 25.9. The van der Waals surface area contributed by atoms with Gasteiger partial charge in [0.25, 0.3) is 5.56 Å². The molecule has 0 spiro atoms. The first-order valence-corrected chi connectivity index (χ1v) is 13.4. The van der Waals surface area contributed by atoms with Gasteiger partial charge in [0.1, 0.15) is 0 Å². The van der Waals surface area contributed by atoms with Gasteiger partial charge in [-0.3, -0.25) is 9.69 Å². The number of tetrazole rings is 1. The van der Waals surface area contributed by atoms with E-state index in [0.717, 1.165) is 48.0 Å². The molecule has 9 heteroatoms. The number of H-pyrrole nitrogens is 1. The molecule has 0 unspecified atom stereocenters. The van der Waals surface area contributed by atoms with E-state index in [9.17, 15) is 4.79 Å². The van der Waals surface area contributed by atoms with Crippen LogP contribution in [0, 0.1) is 0 Å². The van der Waals surface area contributed by atoms with Crippen LogP contribution in [0.1, 0.15) is 62.0 Å². The maximum atomic E-state index is 13.3. The van der Waals surface area contributed by atoms with Crippen molar-refractivity contribution in [2.45, 2.75) is 70.6 Å². The number of nitrogens with zero attached hydrogens (tertiary/aromatic N) is 5. The first-order chi connectivity index (χ1) is 18.6. The van der Waals surface area contributed by atoms with E-state index in [1.807, 2.05) is 28.9 Å². The number of pyridine rings is 1. The van der Waals surface area contributed by atoms with Crippen LogP contribution < -0.4 is 15.0 Å². The maximum absolute atomic E-state index is 13.3. The van der Waals surface area contributed by atoms with Gasteiger partial charge in [-0.25, -0.2) is 4.68 Å². The summed E-state index contributed by atoms with van der Waals surface area (Å²) < 4.78 is 12.8. The highest BCUT2D eigenvalue weighted by Crippen LogP contribution is 2.35. The van der Waals surface area contributed by atoms with Crippen molar-refractivity contribution < 1.29 is 9.47 Å². The van der Waals surface area contributed by atoms with Gasteiger partial charge in [-0.2, -0.15) is 0 Å². The largest absolute Gasteiger partial charge is 0.493 e. The van der Waals surface area contributed by atoms with Crippen molar-refractivity contribution in [2.75, 3.05) is 14.2 Å². The maximum Gasteiger partial charge on any atom is 0.252 e. The minimum Gasteiger partial charge on any atom is -0.493 e. The lowest BCUT2D eigenvalue weighted by atomic mass is 10.0. The number of fused-ring (bicyclic) bond motifs is 1. The van der Waals surface area contributed by atoms with Crippen LogP contribution in [0.15, 0.2) is 53.3 Å². The molecule has 1 saturated carbocycles. The van der Waals surface area contributed by atoms with E-state index in [-0.39, 0.29) is 11.6 Å². The molecule has 0 radical (unpaired) electrons. The summed E-state index contributed by atoms with van der Waals surface area (Å²) in [6.45, 7) is 3.40. The molecule has 2 aromatic carbocycles. The van der Waals surface area contributed by atoms with Gasteiger partial charge in [0.2, 0.25) is 0 Å². The summed E-state index contributed by atoms with van der Waals surface area (Å²) in [6, 6.07) is 16.5. The number of benzene rings is 2. The average molecular weight is 517 g/mol. The molecule has 0 amide bonds. The van der Waals surface area contributed by atoms with Crippen molar-refractivity contribution in [3.05, 3.63) is 75.8 Å². The molecule has 5 rings (SSSR count).